The topological polar surface area (TPSA) is 74.3 Å². The molecule has 4 aromatic rings. The summed E-state index contributed by atoms with van der Waals surface area (Å²) in [6.07, 6.45) is 2.29. The Morgan fingerprint density at radius 2 is 1.84 bits per heavy atom. The summed E-state index contributed by atoms with van der Waals surface area (Å²) in [5, 5.41) is 14.6. The Morgan fingerprint density at radius 3 is 2.61 bits per heavy atom. The van der Waals surface area contributed by atoms with Crippen LogP contribution in [0.3, 0.4) is 0 Å². The molecule has 0 unspecified atom stereocenters. The minimum atomic E-state index is -0.869. The summed E-state index contributed by atoms with van der Waals surface area (Å²) >= 11 is 6.00. The van der Waals surface area contributed by atoms with Crippen molar-refractivity contribution in [2.45, 2.75) is 25.6 Å². The highest BCUT2D eigenvalue weighted by atomic mass is 35.5. The minimum Gasteiger partial charge on any atom is -0.489 e. The average Bonchev–Trinajstić information content (AvgIpc) is 3.19. The number of aromatic amines is 1. The highest BCUT2D eigenvalue weighted by molar-refractivity contribution is 6.30. The van der Waals surface area contributed by atoms with Crippen LogP contribution in [-0.2, 0) is 24.4 Å². The van der Waals surface area contributed by atoms with Crippen LogP contribution in [0.15, 0.2) is 79.0 Å². The fraction of sp³-hybridized carbons (Fsp3) is 0.160. The van der Waals surface area contributed by atoms with Gasteiger partial charge < -0.3 is 20.1 Å². The quantitative estimate of drug-likeness (QED) is 0.339. The maximum Gasteiger partial charge on any atom is 0.321 e. The number of hydrogen-bond acceptors (Lipinski definition) is 3. The highest BCUT2D eigenvalue weighted by Crippen LogP contribution is 2.20. The van der Waals surface area contributed by atoms with E-state index in [0.717, 1.165) is 33.3 Å². The fourth-order valence-electron chi connectivity index (χ4n) is 3.51. The van der Waals surface area contributed by atoms with Crippen molar-refractivity contribution in [3.05, 3.63) is 101 Å². The fourth-order valence-corrected chi connectivity index (χ4v) is 3.72. The van der Waals surface area contributed by atoms with Gasteiger partial charge in [0.25, 0.3) is 0 Å². The zero-order chi connectivity index (χ0) is 21.6. The first-order valence-corrected chi connectivity index (χ1v) is 10.4. The number of aliphatic carboxylic acids is 1. The SMILES string of the molecule is O=C(O)[C@H](Cc1c[nH]c2ccccc12)NCc1ccc(OCc2cccc(Cl)c2)cc1. The molecule has 1 heterocycles. The van der Waals surface area contributed by atoms with Crippen LogP contribution in [0.4, 0.5) is 0 Å². The third-order valence-corrected chi connectivity index (χ3v) is 5.40. The lowest BCUT2D eigenvalue weighted by Gasteiger charge is -2.14. The van der Waals surface area contributed by atoms with Gasteiger partial charge in [0, 0.05) is 35.1 Å². The number of nitrogens with one attached hydrogen (secondary N) is 2. The van der Waals surface area contributed by atoms with Gasteiger partial charge in [-0.1, -0.05) is 54.1 Å². The van der Waals surface area contributed by atoms with E-state index in [1.54, 1.807) is 0 Å². The Kier molecular flexibility index (Phi) is 6.55. The second-order valence-electron chi connectivity index (χ2n) is 7.40. The Morgan fingerprint density at radius 1 is 1.03 bits per heavy atom. The first-order valence-electron chi connectivity index (χ1n) is 10.1. The molecule has 0 saturated carbocycles. The van der Waals surface area contributed by atoms with Crippen molar-refractivity contribution < 1.29 is 14.6 Å². The van der Waals surface area contributed by atoms with Crippen molar-refractivity contribution in [1.82, 2.24) is 10.3 Å². The summed E-state index contributed by atoms with van der Waals surface area (Å²) in [6.45, 7) is 0.887. The number of para-hydroxylation sites is 1. The number of rotatable bonds is 9. The summed E-state index contributed by atoms with van der Waals surface area (Å²) in [7, 11) is 0. The largest absolute Gasteiger partial charge is 0.489 e. The normalized spacial score (nSPS) is 12.0. The maximum atomic E-state index is 11.8. The highest BCUT2D eigenvalue weighted by Gasteiger charge is 2.19. The molecule has 3 N–H and O–H groups in total. The minimum absolute atomic E-state index is 0.403. The molecule has 0 aliphatic heterocycles. The van der Waals surface area contributed by atoms with Crippen LogP contribution in [0.25, 0.3) is 10.9 Å². The van der Waals surface area contributed by atoms with E-state index in [4.69, 9.17) is 16.3 Å². The number of halogens is 1. The van der Waals surface area contributed by atoms with Gasteiger partial charge in [-0.25, -0.2) is 0 Å². The predicted molar refractivity (Wildman–Crippen MR) is 122 cm³/mol. The van der Waals surface area contributed by atoms with Gasteiger partial charge in [-0.3, -0.25) is 4.79 Å². The van der Waals surface area contributed by atoms with E-state index in [9.17, 15) is 9.90 Å². The van der Waals surface area contributed by atoms with Crippen LogP contribution < -0.4 is 10.1 Å². The molecule has 158 valence electrons. The first kappa shape index (κ1) is 21.0. The number of H-pyrrole nitrogens is 1. The molecule has 31 heavy (non-hydrogen) atoms. The molecule has 0 aliphatic rings. The third-order valence-electron chi connectivity index (χ3n) is 5.17. The molecule has 0 bridgehead atoms. The van der Waals surface area contributed by atoms with E-state index in [-0.39, 0.29) is 0 Å². The van der Waals surface area contributed by atoms with Crippen LogP contribution in [-0.4, -0.2) is 22.1 Å². The monoisotopic (exact) mass is 434 g/mol. The maximum absolute atomic E-state index is 11.8. The van der Waals surface area contributed by atoms with Crippen molar-refractivity contribution in [2.75, 3.05) is 0 Å². The van der Waals surface area contributed by atoms with Crippen LogP contribution in [0.1, 0.15) is 16.7 Å². The van der Waals surface area contributed by atoms with Crippen molar-refractivity contribution in [3.8, 4) is 5.75 Å². The molecule has 3 aromatic carbocycles. The van der Waals surface area contributed by atoms with E-state index in [1.165, 1.54) is 0 Å². The zero-order valence-corrected chi connectivity index (χ0v) is 17.6. The van der Waals surface area contributed by atoms with Crippen molar-refractivity contribution in [2.24, 2.45) is 0 Å². The lowest BCUT2D eigenvalue weighted by atomic mass is 10.0. The van der Waals surface area contributed by atoms with Gasteiger partial charge in [-0.05, 0) is 47.0 Å². The molecule has 4 rings (SSSR count). The Hall–Kier alpha value is -3.28. The molecular weight excluding hydrogens is 412 g/mol. The van der Waals surface area contributed by atoms with Crippen molar-refractivity contribution in [3.63, 3.8) is 0 Å². The van der Waals surface area contributed by atoms with Crippen LogP contribution in [0, 0.1) is 0 Å². The van der Waals surface area contributed by atoms with Crippen molar-refractivity contribution in [1.29, 1.82) is 0 Å². The lowest BCUT2D eigenvalue weighted by molar-refractivity contribution is -0.139. The van der Waals surface area contributed by atoms with E-state index >= 15 is 0 Å². The van der Waals surface area contributed by atoms with Gasteiger partial charge in [0.05, 0.1) is 0 Å². The van der Waals surface area contributed by atoms with Gasteiger partial charge in [-0.15, -0.1) is 0 Å². The molecule has 1 aromatic heterocycles. The number of aromatic nitrogens is 1. The number of fused-ring (bicyclic) bond motifs is 1. The molecule has 1 atom stereocenters. The Labute approximate surface area is 185 Å². The molecule has 0 amide bonds. The predicted octanol–water partition coefficient (Wildman–Crippen LogP) is 5.19. The molecule has 0 saturated heterocycles. The molecule has 0 spiro atoms. The van der Waals surface area contributed by atoms with E-state index in [1.807, 2.05) is 79.0 Å². The zero-order valence-electron chi connectivity index (χ0n) is 16.8. The second-order valence-corrected chi connectivity index (χ2v) is 7.83. The number of benzene rings is 3. The van der Waals surface area contributed by atoms with E-state index < -0.39 is 12.0 Å². The number of carbonyl (C=O) groups is 1. The Bertz CT molecular complexity index is 1170. The van der Waals surface area contributed by atoms with Crippen LogP contribution >= 0.6 is 11.6 Å². The summed E-state index contributed by atoms with van der Waals surface area (Å²) in [4.78, 5) is 15.0. The van der Waals surface area contributed by atoms with Crippen LogP contribution in [0.5, 0.6) is 5.75 Å². The number of ether oxygens (including phenoxy) is 1. The van der Waals surface area contributed by atoms with E-state index in [2.05, 4.69) is 10.3 Å². The average molecular weight is 435 g/mol. The van der Waals surface area contributed by atoms with Crippen LogP contribution in [0.2, 0.25) is 5.02 Å². The van der Waals surface area contributed by atoms with Crippen molar-refractivity contribution >= 4 is 28.5 Å². The van der Waals surface area contributed by atoms with Gasteiger partial charge in [0.2, 0.25) is 0 Å². The summed E-state index contributed by atoms with van der Waals surface area (Å²) in [5.74, 6) is -0.121. The molecule has 6 heteroatoms. The summed E-state index contributed by atoms with van der Waals surface area (Å²) in [6, 6.07) is 22.4. The standard InChI is InChI=1S/C25H23ClN2O3/c26-20-5-3-4-18(12-20)16-31-21-10-8-17(9-11-21)14-27-24(25(29)30)13-19-15-28-23-7-2-1-6-22(19)23/h1-12,15,24,27-28H,13-14,16H2,(H,29,30)/t24-/m0/s1. The number of carboxylic acid groups (broad SMARTS) is 1. The van der Waals surface area contributed by atoms with Gasteiger partial charge in [0.15, 0.2) is 0 Å². The van der Waals surface area contributed by atoms with Gasteiger partial charge in [-0.2, -0.15) is 0 Å². The van der Waals surface area contributed by atoms with Gasteiger partial charge in [0.1, 0.15) is 18.4 Å². The third kappa shape index (κ3) is 5.45. The second kappa shape index (κ2) is 9.69. The molecule has 5 nitrogen and oxygen atoms in total. The number of hydrogen-bond donors (Lipinski definition) is 3. The molecule has 0 fully saturated rings. The molecule has 0 radical (unpaired) electrons. The van der Waals surface area contributed by atoms with Gasteiger partial charge >= 0.3 is 5.97 Å². The summed E-state index contributed by atoms with van der Waals surface area (Å²) < 4.78 is 5.80. The number of carboxylic acids is 1. The Balaban J connectivity index is 1.34. The van der Waals surface area contributed by atoms with E-state index in [0.29, 0.717) is 24.6 Å². The first-order chi connectivity index (χ1) is 15.1. The smallest absolute Gasteiger partial charge is 0.321 e. The lowest BCUT2D eigenvalue weighted by Crippen LogP contribution is -2.38. The summed E-state index contributed by atoms with van der Waals surface area (Å²) in [5.41, 5.74) is 3.98. The molecule has 0 aliphatic carbocycles. The molecular formula is C25H23ClN2O3.